The summed E-state index contributed by atoms with van der Waals surface area (Å²) in [6.45, 7) is 2.42. The second-order valence-electron chi connectivity index (χ2n) is 5.80. The summed E-state index contributed by atoms with van der Waals surface area (Å²) in [5.41, 5.74) is 0.922. The van der Waals surface area contributed by atoms with Gasteiger partial charge in [0.1, 0.15) is 5.75 Å². The Hall–Kier alpha value is -2.34. The van der Waals surface area contributed by atoms with Crippen LogP contribution in [0.25, 0.3) is 0 Å². The molecule has 1 N–H and O–H groups in total. The van der Waals surface area contributed by atoms with E-state index in [9.17, 15) is 14.7 Å². The molecule has 1 aromatic rings. The number of Topliss-reactive ketones (excluding diaryl/α,β-unsaturated/α-hetero) is 1. The van der Waals surface area contributed by atoms with Crippen LogP contribution in [-0.2, 0) is 9.59 Å². The van der Waals surface area contributed by atoms with E-state index in [1.807, 2.05) is 19.0 Å². The van der Waals surface area contributed by atoms with Crippen LogP contribution in [0.15, 0.2) is 35.6 Å². The van der Waals surface area contributed by atoms with Crippen LogP contribution in [0, 0.1) is 0 Å². The van der Waals surface area contributed by atoms with E-state index in [-0.39, 0.29) is 11.4 Å². The molecule has 0 aliphatic carbocycles. The minimum Gasteiger partial charge on any atom is -0.503 e. The van der Waals surface area contributed by atoms with Gasteiger partial charge in [-0.05, 0) is 38.7 Å². The third-order valence-electron chi connectivity index (χ3n) is 3.90. The Morgan fingerprint density at radius 3 is 2.39 bits per heavy atom. The van der Waals surface area contributed by atoms with Gasteiger partial charge < -0.3 is 19.6 Å². The van der Waals surface area contributed by atoms with E-state index in [1.54, 1.807) is 31.4 Å². The zero-order chi connectivity index (χ0) is 17.1. The quantitative estimate of drug-likeness (QED) is 0.861. The monoisotopic (exact) mass is 318 g/mol. The van der Waals surface area contributed by atoms with Crippen LogP contribution < -0.4 is 4.74 Å². The third kappa shape index (κ3) is 3.37. The van der Waals surface area contributed by atoms with Crippen molar-refractivity contribution in [3.05, 3.63) is 41.2 Å². The molecule has 0 spiro atoms. The lowest BCUT2D eigenvalue weighted by molar-refractivity contribution is -0.129. The van der Waals surface area contributed by atoms with E-state index in [0.29, 0.717) is 18.8 Å². The zero-order valence-electron chi connectivity index (χ0n) is 13.9. The highest BCUT2D eigenvalue weighted by Crippen LogP contribution is 2.37. The molecule has 6 heteroatoms. The molecule has 2 rings (SSSR count). The smallest absolute Gasteiger partial charge is 0.290 e. The van der Waals surface area contributed by atoms with Gasteiger partial charge in [0.05, 0.1) is 18.7 Å². The number of amides is 1. The van der Waals surface area contributed by atoms with Gasteiger partial charge in [-0.2, -0.15) is 0 Å². The number of hydrogen-bond acceptors (Lipinski definition) is 5. The molecule has 0 fully saturated rings. The van der Waals surface area contributed by atoms with Crippen LogP contribution >= 0.6 is 0 Å². The number of carbonyl (C=O) groups excluding carboxylic acids is 2. The van der Waals surface area contributed by atoms with E-state index in [4.69, 9.17) is 4.74 Å². The normalized spacial score (nSPS) is 18.0. The number of aliphatic hydroxyl groups is 1. The van der Waals surface area contributed by atoms with Gasteiger partial charge in [0.2, 0.25) is 0 Å². The number of carbonyl (C=O) groups is 2. The Morgan fingerprint density at radius 2 is 1.91 bits per heavy atom. The van der Waals surface area contributed by atoms with Gasteiger partial charge in [-0.3, -0.25) is 9.59 Å². The number of ether oxygens (including phenoxy) is 1. The second kappa shape index (κ2) is 6.83. The summed E-state index contributed by atoms with van der Waals surface area (Å²) in [7, 11) is 5.38. The van der Waals surface area contributed by atoms with Gasteiger partial charge in [0.25, 0.3) is 5.91 Å². The fraction of sp³-hybridized carbons (Fsp3) is 0.412. The van der Waals surface area contributed by atoms with Gasteiger partial charge in [0, 0.05) is 13.1 Å². The van der Waals surface area contributed by atoms with Gasteiger partial charge in [-0.15, -0.1) is 0 Å². The van der Waals surface area contributed by atoms with Crippen LogP contribution in [0.2, 0.25) is 0 Å². The Balaban J connectivity index is 2.42. The zero-order valence-corrected chi connectivity index (χ0v) is 13.9. The van der Waals surface area contributed by atoms with E-state index in [0.717, 1.165) is 5.56 Å². The lowest BCUT2D eigenvalue weighted by Gasteiger charge is -2.27. The van der Waals surface area contributed by atoms with Crippen molar-refractivity contribution in [1.29, 1.82) is 0 Å². The summed E-state index contributed by atoms with van der Waals surface area (Å²) in [6, 6.07) is 6.60. The van der Waals surface area contributed by atoms with Crippen LogP contribution in [0.5, 0.6) is 5.75 Å². The summed E-state index contributed by atoms with van der Waals surface area (Å²) >= 11 is 0. The molecule has 1 aliphatic rings. The van der Waals surface area contributed by atoms with Crippen LogP contribution in [0.4, 0.5) is 0 Å². The molecule has 0 saturated carbocycles. The van der Waals surface area contributed by atoms with Crippen molar-refractivity contribution in [2.24, 2.45) is 0 Å². The van der Waals surface area contributed by atoms with E-state index in [2.05, 4.69) is 0 Å². The fourth-order valence-corrected chi connectivity index (χ4v) is 2.68. The second-order valence-corrected chi connectivity index (χ2v) is 5.80. The molecule has 23 heavy (non-hydrogen) atoms. The van der Waals surface area contributed by atoms with E-state index >= 15 is 0 Å². The van der Waals surface area contributed by atoms with E-state index in [1.165, 1.54) is 11.8 Å². The van der Waals surface area contributed by atoms with Crippen LogP contribution in [0.1, 0.15) is 18.5 Å². The topological polar surface area (TPSA) is 70.1 Å². The third-order valence-corrected chi connectivity index (χ3v) is 3.90. The van der Waals surface area contributed by atoms with Crippen molar-refractivity contribution < 1.29 is 19.4 Å². The highest BCUT2D eigenvalue weighted by molar-refractivity contribution is 6.08. The summed E-state index contributed by atoms with van der Waals surface area (Å²) < 4.78 is 5.14. The lowest BCUT2D eigenvalue weighted by Crippen LogP contribution is -2.36. The molecule has 1 unspecified atom stereocenters. The number of rotatable bonds is 6. The lowest BCUT2D eigenvalue weighted by atomic mass is 9.96. The molecular formula is C17H22N2O4. The minimum atomic E-state index is -0.564. The predicted octanol–water partition coefficient (Wildman–Crippen LogP) is 1.54. The molecule has 0 aromatic heterocycles. The van der Waals surface area contributed by atoms with Crippen LogP contribution in [-0.4, -0.2) is 60.9 Å². The number of benzene rings is 1. The summed E-state index contributed by atoms with van der Waals surface area (Å²) in [4.78, 5) is 27.8. The molecule has 1 amide bonds. The molecule has 1 aliphatic heterocycles. The summed E-state index contributed by atoms with van der Waals surface area (Å²) in [6.07, 6.45) is 0. The molecule has 6 nitrogen and oxygen atoms in total. The molecule has 0 bridgehead atoms. The maximum Gasteiger partial charge on any atom is 0.290 e. The van der Waals surface area contributed by atoms with Crippen molar-refractivity contribution >= 4 is 11.7 Å². The average Bonchev–Trinajstić information content (AvgIpc) is 2.77. The van der Waals surface area contributed by atoms with E-state index < -0.39 is 17.7 Å². The SMILES string of the molecule is COc1ccc(C2C(C(C)=O)=C(O)C(=O)N2CCN(C)C)cc1. The summed E-state index contributed by atoms with van der Waals surface area (Å²) in [5, 5.41) is 10.1. The number of likely N-dealkylation sites (N-methyl/N-ethyl adjacent to an activating group) is 1. The van der Waals surface area contributed by atoms with Crippen molar-refractivity contribution in [2.75, 3.05) is 34.3 Å². The highest BCUT2D eigenvalue weighted by atomic mass is 16.5. The van der Waals surface area contributed by atoms with Crippen molar-refractivity contribution in [2.45, 2.75) is 13.0 Å². The Morgan fingerprint density at radius 1 is 1.30 bits per heavy atom. The molecule has 1 atom stereocenters. The number of nitrogens with zero attached hydrogens (tertiary/aromatic N) is 2. The molecular weight excluding hydrogens is 296 g/mol. The first-order chi connectivity index (χ1) is 10.9. The number of hydrogen-bond donors (Lipinski definition) is 1. The van der Waals surface area contributed by atoms with Gasteiger partial charge in [0.15, 0.2) is 11.5 Å². The van der Waals surface area contributed by atoms with Gasteiger partial charge in [-0.1, -0.05) is 12.1 Å². The Labute approximate surface area is 136 Å². The average molecular weight is 318 g/mol. The standard InChI is InChI=1S/C17H22N2O4/c1-11(20)14-15(12-5-7-13(23-4)8-6-12)19(10-9-18(2)3)17(22)16(14)21/h5-8,15,21H,9-10H2,1-4H3. The summed E-state index contributed by atoms with van der Waals surface area (Å²) in [5.74, 6) is -0.561. The van der Waals surface area contributed by atoms with Crippen molar-refractivity contribution in [3.63, 3.8) is 0 Å². The predicted molar refractivity (Wildman–Crippen MR) is 86.3 cm³/mol. The first kappa shape index (κ1) is 17.0. The molecule has 124 valence electrons. The maximum absolute atomic E-state index is 12.4. The number of aliphatic hydroxyl groups excluding tert-OH is 1. The Bertz CT molecular complexity index is 634. The van der Waals surface area contributed by atoms with Crippen molar-refractivity contribution in [3.8, 4) is 5.75 Å². The fourth-order valence-electron chi connectivity index (χ4n) is 2.68. The van der Waals surface area contributed by atoms with Gasteiger partial charge >= 0.3 is 0 Å². The first-order valence-corrected chi connectivity index (χ1v) is 7.40. The van der Waals surface area contributed by atoms with Crippen molar-refractivity contribution in [1.82, 2.24) is 9.80 Å². The maximum atomic E-state index is 12.4. The molecule has 0 saturated heterocycles. The molecule has 1 heterocycles. The van der Waals surface area contributed by atoms with Gasteiger partial charge in [-0.25, -0.2) is 0 Å². The number of ketones is 1. The first-order valence-electron chi connectivity index (χ1n) is 7.40. The highest BCUT2D eigenvalue weighted by Gasteiger charge is 2.42. The Kier molecular flexibility index (Phi) is 5.05. The van der Waals surface area contributed by atoms with Crippen LogP contribution in [0.3, 0.4) is 0 Å². The largest absolute Gasteiger partial charge is 0.503 e. The minimum absolute atomic E-state index is 0.152. The molecule has 0 radical (unpaired) electrons. The number of methoxy groups -OCH3 is 1. The molecule has 1 aromatic carbocycles.